The molecule has 3 aromatic heterocycles. The summed E-state index contributed by atoms with van der Waals surface area (Å²) in [5, 5.41) is 18.0. The van der Waals surface area contributed by atoms with E-state index in [1.807, 2.05) is 23.1 Å². The number of carbonyl (C=O) groups is 1. The summed E-state index contributed by atoms with van der Waals surface area (Å²) in [5.74, 6) is 0.166. The number of aromatic nitrogens is 5. The molecule has 1 aliphatic rings. The van der Waals surface area contributed by atoms with Crippen molar-refractivity contribution < 1.29 is 4.79 Å². The van der Waals surface area contributed by atoms with Crippen LogP contribution in [0, 0.1) is 17.2 Å². The third kappa shape index (κ3) is 3.71. The molecule has 0 aliphatic heterocycles. The topological polar surface area (TPSA) is 88.9 Å². The molecule has 1 atom stereocenters. The monoisotopic (exact) mass is 422 g/mol. The molecule has 5 rings (SSSR count). The minimum atomic E-state index is 0.0729. The molecule has 1 unspecified atom stereocenters. The summed E-state index contributed by atoms with van der Waals surface area (Å²) in [4.78, 5) is 16.0. The van der Waals surface area contributed by atoms with Crippen LogP contribution in [0.2, 0.25) is 0 Å². The Morgan fingerprint density at radius 1 is 1.16 bits per heavy atom. The lowest BCUT2D eigenvalue weighted by Gasteiger charge is -2.17. The Hall–Kier alpha value is -4.05. The van der Waals surface area contributed by atoms with Crippen LogP contribution in [0.1, 0.15) is 31.9 Å². The van der Waals surface area contributed by atoms with E-state index in [-0.39, 0.29) is 18.2 Å². The van der Waals surface area contributed by atoms with Gasteiger partial charge in [0.15, 0.2) is 5.78 Å². The van der Waals surface area contributed by atoms with Gasteiger partial charge in [-0.3, -0.25) is 14.5 Å². The van der Waals surface area contributed by atoms with E-state index in [0.29, 0.717) is 0 Å². The Bertz CT molecular complexity index is 1370. The lowest BCUT2D eigenvalue weighted by Crippen LogP contribution is -2.05. The molecule has 1 aromatic carbocycles. The molecular formula is C25H22N6O. The normalized spacial score (nSPS) is 16.0. The highest BCUT2D eigenvalue weighted by molar-refractivity contribution is 5.89. The average Bonchev–Trinajstić information content (AvgIpc) is 3.46. The second-order valence-electron chi connectivity index (χ2n) is 8.16. The highest BCUT2D eigenvalue weighted by Gasteiger charge is 2.20. The van der Waals surface area contributed by atoms with Crippen molar-refractivity contribution in [2.24, 2.45) is 5.92 Å². The van der Waals surface area contributed by atoms with E-state index in [1.165, 1.54) is 5.57 Å². The van der Waals surface area contributed by atoms with Crippen LogP contribution in [-0.4, -0.2) is 30.2 Å². The molecule has 3 heterocycles. The summed E-state index contributed by atoms with van der Waals surface area (Å²) >= 11 is 0. The maximum absolute atomic E-state index is 11.3. The van der Waals surface area contributed by atoms with Crippen molar-refractivity contribution in [1.82, 2.24) is 24.4 Å². The molecule has 0 spiro atoms. The number of Topliss-reactive ketones (excluding diaryl/α,β-unsaturated/α-hetero) is 1. The molecule has 4 aromatic rings. The average molecular weight is 422 g/mol. The van der Waals surface area contributed by atoms with Crippen molar-refractivity contribution in [2.75, 3.05) is 0 Å². The highest BCUT2D eigenvalue weighted by atomic mass is 16.1. The molecule has 0 saturated heterocycles. The van der Waals surface area contributed by atoms with Crippen molar-refractivity contribution in [1.29, 1.82) is 5.26 Å². The minimum Gasteiger partial charge on any atom is -0.298 e. The maximum atomic E-state index is 11.3. The number of hydrogen-bond acceptors (Lipinski definition) is 5. The fraction of sp³-hybridized carbons (Fsp3) is 0.240. The summed E-state index contributed by atoms with van der Waals surface area (Å²) in [6.07, 6.45) is 13.8. The van der Waals surface area contributed by atoms with Gasteiger partial charge in [0.05, 0.1) is 42.1 Å². The van der Waals surface area contributed by atoms with Gasteiger partial charge in [-0.15, -0.1) is 0 Å². The van der Waals surface area contributed by atoms with Crippen molar-refractivity contribution in [3.8, 4) is 28.3 Å². The molecule has 7 heteroatoms. The van der Waals surface area contributed by atoms with Gasteiger partial charge in [0, 0.05) is 29.7 Å². The predicted octanol–water partition coefficient (Wildman–Crippen LogP) is 4.56. The van der Waals surface area contributed by atoms with Crippen LogP contribution in [0.3, 0.4) is 0 Å². The van der Waals surface area contributed by atoms with Gasteiger partial charge in [-0.1, -0.05) is 30.3 Å². The standard InChI is InChI=1S/C25H22N6O/c1-17(32)15-30-16-22(13-28-30)19-6-8-20(9-7-19)23-14-29-31-11-10-27-24(25(23)31)21-4-2-18(12-26)3-5-21/h4,6-11,13-14,16,18H,2-3,5,15H2,1H3. The molecule has 158 valence electrons. The zero-order chi connectivity index (χ0) is 22.1. The number of benzene rings is 1. The van der Waals surface area contributed by atoms with E-state index in [4.69, 9.17) is 0 Å². The summed E-state index contributed by atoms with van der Waals surface area (Å²) in [6.45, 7) is 1.84. The van der Waals surface area contributed by atoms with Crippen LogP contribution in [0.25, 0.3) is 33.3 Å². The Labute approximate surface area is 185 Å². The third-order valence-corrected chi connectivity index (χ3v) is 5.88. The van der Waals surface area contributed by atoms with E-state index < -0.39 is 0 Å². The van der Waals surface area contributed by atoms with Gasteiger partial charge in [0.1, 0.15) is 0 Å². The van der Waals surface area contributed by atoms with Crippen molar-refractivity contribution in [3.63, 3.8) is 0 Å². The predicted molar refractivity (Wildman–Crippen MR) is 121 cm³/mol. The second-order valence-corrected chi connectivity index (χ2v) is 8.16. The van der Waals surface area contributed by atoms with Crippen LogP contribution >= 0.6 is 0 Å². The SMILES string of the molecule is CC(=O)Cn1cc(-c2ccc(-c3cnn4ccnc(C5=CCC(C#N)CC5)c34)cc2)cn1. The van der Waals surface area contributed by atoms with E-state index in [2.05, 4.69) is 51.6 Å². The smallest absolute Gasteiger partial charge is 0.151 e. The number of fused-ring (bicyclic) bond motifs is 1. The lowest BCUT2D eigenvalue weighted by molar-refractivity contribution is -0.117. The van der Waals surface area contributed by atoms with E-state index >= 15 is 0 Å². The summed E-state index contributed by atoms with van der Waals surface area (Å²) in [6, 6.07) is 10.6. The Morgan fingerprint density at radius 3 is 2.69 bits per heavy atom. The Balaban J connectivity index is 1.49. The number of ketones is 1. The summed E-state index contributed by atoms with van der Waals surface area (Å²) in [7, 11) is 0. The van der Waals surface area contributed by atoms with Gasteiger partial charge < -0.3 is 0 Å². The van der Waals surface area contributed by atoms with Crippen LogP contribution in [-0.2, 0) is 11.3 Å². The Kier molecular flexibility index (Phi) is 5.12. The number of nitriles is 1. The molecule has 0 saturated carbocycles. The number of hydrogen-bond donors (Lipinski definition) is 0. The van der Waals surface area contributed by atoms with Crippen LogP contribution in [0.5, 0.6) is 0 Å². The molecule has 0 fully saturated rings. The van der Waals surface area contributed by atoms with Gasteiger partial charge in [-0.05, 0) is 42.9 Å². The van der Waals surface area contributed by atoms with Crippen LogP contribution in [0.4, 0.5) is 0 Å². The molecule has 0 radical (unpaired) electrons. The number of rotatable bonds is 5. The van der Waals surface area contributed by atoms with Crippen LogP contribution in [0.15, 0.2) is 61.3 Å². The largest absolute Gasteiger partial charge is 0.298 e. The molecule has 32 heavy (non-hydrogen) atoms. The molecule has 0 bridgehead atoms. The molecule has 7 nitrogen and oxygen atoms in total. The molecule has 0 N–H and O–H groups in total. The van der Waals surface area contributed by atoms with Gasteiger partial charge in [0.25, 0.3) is 0 Å². The maximum Gasteiger partial charge on any atom is 0.151 e. The number of carbonyl (C=O) groups excluding carboxylic acids is 1. The third-order valence-electron chi connectivity index (χ3n) is 5.88. The van der Waals surface area contributed by atoms with Gasteiger partial charge >= 0.3 is 0 Å². The van der Waals surface area contributed by atoms with E-state index in [0.717, 1.165) is 52.7 Å². The van der Waals surface area contributed by atoms with Gasteiger partial charge in [0.2, 0.25) is 0 Å². The van der Waals surface area contributed by atoms with Crippen molar-refractivity contribution in [2.45, 2.75) is 32.7 Å². The Morgan fingerprint density at radius 2 is 1.97 bits per heavy atom. The van der Waals surface area contributed by atoms with Gasteiger partial charge in [-0.25, -0.2) is 4.52 Å². The fourth-order valence-corrected chi connectivity index (χ4v) is 4.23. The first-order valence-corrected chi connectivity index (χ1v) is 10.7. The van der Waals surface area contributed by atoms with Crippen molar-refractivity contribution >= 4 is 16.9 Å². The van der Waals surface area contributed by atoms with Crippen molar-refractivity contribution in [3.05, 3.63) is 67.0 Å². The molecule has 1 aliphatic carbocycles. The van der Waals surface area contributed by atoms with E-state index in [9.17, 15) is 10.1 Å². The first-order valence-electron chi connectivity index (χ1n) is 10.7. The summed E-state index contributed by atoms with van der Waals surface area (Å²) < 4.78 is 3.53. The first kappa shape index (κ1) is 19.9. The number of allylic oxidation sites excluding steroid dienone is 2. The summed E-state index contributed by atoms with van der Waals surface area (Å²) in [5.41, 5.74) is 7.19. The lowest BCUT2D eigenvalue weighted by atomic mass is 9.88. The van der Waals surface area contributed by atoms with Crippen LogP contribution < -0.4 is 0 Å². The first-order chi connectivity index (χ1) is 15.6. The quantitative estimate of drug-likeness (QED) is 0.470. The highest BCUT2D eigenvalue weighted by Crippen LogP contribution is 2.35. The fourth-order valence-electron chi connectivity index (χ4n) is 4.23. The second kappa shape index (κ2) is 8.23. The zero-order valence-electron chi connectivity index (χ0n) is 17.8. The number of nitrogens with zero attached hydrogens (tertiary/aromatic N) is 6. The minimum absolute atomic E-state index is 0.0729. The van der Waals surface area contributed by atoms with Gasteiger partial charge in [-0.2, -0.15) is 15.5 Å². The molecule has 0 amide bonds. The van der Waals surface area contributed by atoms with E-state index in [1.54, 1.807) is 24.0 Å². The zero-order valence-corrected chi connectivity index (χ0v) is 17.8. The molecular weight excluding hydrogens is 400 g/mol.